The van der Waals surface area contributed by atoms with Crippen LogP contribution in [-0.4, -0.2) is 28.9 Å². The predicted molar refractivity (Wildman–Crippen MR) is 95.3 cm³/mol. The Balaban J connectivity index is 2.06. The number of nitrogens with zero attached hydrogens (tertiary/aromatic N) is 2. The summed E-state index contributed by atoms with van der Waals surface area (Å²) >= 11 is 0. The molecular formula is C19H25N3O. The van der Waals surface area contributed by atoms with Gasteiger partial charge >= 0.3 is 0 Å². The molecule has 0 atom stereocenters. The Labute approximate surface area is 138 Å². The molecule has 0 aliphatic carbocycles. The molecule has 0 aliphatic rings. The summed E-state index contributed by atoms with van der Waals surface area (Å²) in [7, 11) is 0. The van der Waals surface area contributed by atoms with E-state index in [2.05, 4.69) is 48.4 Å². The number of anilines is 2. The molecule has 4 heteroatoms. The van der Waals surface area contributed by atoms with E-state index in [-0.39, 0.29) is 5.91 Å². The maximum absolute atomic E-state index is 12.2. The third-order valence-electron chi connectivity index (χ3n) is 3.90. The molecule has 1 heterocycles. The topological polar surface area (TPSA) is 45.2 Å². The van der Waals surface area contributed by atoms with Gasteiger partial charge in [-0.05, 0) is 49.6 Å². The van der Waals surface area contributed by atoms with Gasteiger partial charge in [-0.1, -0.05) is 26.0 Å². The molecule has 1 aromatic carbocycles. The summed E-state index contributed by atoms with van der Waals surface area (Å²) in [6, 6.07) is 12.0. The fraction of sp³-hybridized carbons (Fsp3) is 0.368. The minimum absolute atomic E-state index is 0.0252. The van der Waals surface area contributed by atoms with E-state index in [1.807, 2.05) is 19.9 Å². The Bertz CT molecular complexity index is 629. The molecule has 1 N–H and O–H groups in total. The molecule has 0 unspecified atom stereocenters. The number of carbonyl (C=O) groups is 1. The monoisotopic (exact) mass is 311 g/mol. The summed E-state index contributed by atoms with van der Waals surface area (Å²) in [4.78, 5) is 18.3. The highest BCUT2D eigenvalue weighted by Crippen LogP contribution is 2.20. The van der Waals surface area contributed by atoms with Crippen LogP contribution in [-0.2, 0) is 0 Å². The number of hydrogen-bond acceptors (Lipinski definition) is 3. The number of benzene rings is 1. The largest absolute Gasteiger partial charge is 0.354 e. The third-order valence-corrected chi connectivity index (χ3v) is 3.90. The highest BCUT2D eigenvalue weighted by molar-refractivity contribution is 5.92. The van der Waals surface area contributed by atoms with Gasteiger partial charge in [0.25, 0.3) is 5.91 Å². The van der Waals surface area contributed by atoms with Crippen molar-refractivity contribution in [3.05, 3.63) is 53.9 Å². The first-order valence-electron chi connectivity index (χ1n) is 8.17. The number of carbonyl (C=O) groups excluding carboxylic acids is 1. The SMILES string of the molecule is CCN(CC)C(=O)c1ccc(Nc2ccc(C(C)C)cc2)cn1. The Kier molecular flexibility index (Phi) is 5.74. The first kappa shape index (κ1) is 17.0. The summed E-state index contributed by atoms with van der Waals surface area (Å²) < 4.78 is 0. The maximum atomic E-state index is 12.2. The van der Waals surface area contributed by atoms with Crippen LogP contribution in [0, 0.1) is 0 Å². The van der Waals surface area contributed by atoms with Crippen LogP contribution in [0.25, 0.3) is 0 Å². The summed E-state index contributed by atoms with van der Waals surface area (Å²) in [5.41, 5.74) is 3.68. The second kappa shape index (κ2) is 7.77. The molecule has 1 aromatic heterocycles. The minimum atomic E-state index is -0.0252. The minimum Gasteiger partial charge on any atom is -0.354 e. The molecule has 2 rings (SSSR count). The molecule has 2 aromatic rings. The van der Waals surface area contributed by atoms with Crippen molar-refractivity contribution in [3.8, 4) is 0 Å². The van der Waals surface area contributed by atoms with Crippen LogP contribution in [0.1, 0.15) is 49.7 Å². The van der Waals surface area contributed by atoms with E-state index in [4.69, 9.17) is 0 Å². The molecule has 0 saturated carbocycles. The van der Waals surface area contributed by atoms with E-state index in [1.54, 1.807) is 17.2 Å². The summed E-state index contributed by atoms with van der Waals surface area (Å²) in [5, 5.41) is 3.31. The van der Waals surface area contributed by atoms with Crippen LogP contribution >= 0.6 is 0 Å². The van der Waals surface area contributed by atoms with Gasteiger partial charge in [0.05, 0.1) is 11.9 Å². The number of amides is 1. The number of aromatic nitrogens is 1. The average molecular weight is 311 g/mol. The lowest BCUT2D eigenvalue weighted by Crippen LogP contribution is -2.31. The smallest absolute Gasteiger partial charge is 0.272 e. The summed E-state index contributed by atoms with van der Waals surface area (Å²) in [6.45, 7) is 9.69. The molecule has 4 nitrogen and oxygen atoms in total. The van der Waals surface area contributed by atoms with Crippen molar-refractivity contribution >= 4 is 17.3 Å². The molecule has 122 valence electrons. The van der Waals surface area contributed by atoms with Crippen LogP contribution in [0.3, 0.4) is 0 Å². The Morgan fingerprint density at radius 1 is 1.04 bits per heavy atom. The van der Waals surface area contributed by atoms with Crippen molar-refractivity contribution < 1.29 is 4.79 Å². The van der Waals surface area contributed by atoms with E-state index >= 15 is 0 Å². The number of pyridine rings is 1. The zero-order valence-electron chi connectivity index (χ0n) is 14.3. The molecular weight excluding hydrogens is 286 g/mol. The van der Waals surface area contributed by atoms with Crippen LogP contribution in [0.2, 0.25) is 0 Å². The predicted octanol–water partition coefficient (Wildman–Crippen LogP) is 4.43. The van der Waals surface area contributed by atoms with Gasteiger partial charge in [0.2, 0.25) is 0 Å². The van der Waals surface area contributed by atoms with Gasteiger partial charge in [-0.2, -0.15) is 0 Å². The van der Waals surface area contributed by atoms with Gasteiger partial charge in [-0.25, -0.2) is 4.98 Å². The highest BCUT2D eigenvalue weighted by Gasteiger charge is 2.13. The lowest BCUT2D eigenvalue weighted by atomic mass is 10.0. The fourth-order valence-corrected chi connectivity index (χ4v) is 2.39. The number of nitrogens with one attached hydrogen (secondary N) is 1. The van der Waals surface area contributed by atoms with Gasteiger partial charge in [-0.3, -0.25) is 4.79 Å². The molecule has 0 radical (unpaired) electrons. The maximum Gasteiger partial charge on any atom is 0.272 e. The zero-order valence-corrected chi connectivity index (χ0v) is 14.3. The summed E-state index contributed by atoms with van der Waals surface area (Å²) in [6.07, 6.45) is 1.70. The Morgan fingerprint density at radius 3 is 2.13 bits per heavy atom. The first-order chi connectivity index (χ1) is 11.0. The molecule has 1 amide bonds. The Hall–Kier alpha value is -2.36. The molecule has 0 bridgehead atoms. The zero-order chi connectivity index (χ0) is 16.8. The van der Waals surface area contributed by atoms with Crippen LogP contribution < -0.4 is 5.32 Å². The number of rotatable bonds is 6. The molecule has 0 fully saturated rings. The van der Waals surface area contributed by atoms with E-state index in [0.29, 0.717) is 24.7 Å². The van der Waals surface area contributed by atoms with Crippen LogP contribution in [0.5, 0.6) is 0 Å². The van der Waals surface area contributed by atoms with Gasteiger partial charge < -0.3 is 10.2 Å². The standard InChI is InChI=1S/C19H25N3O/c1-5-22(6-2)19(23)18-12-11-17(13-20-18)21-16-9-7-15(8-10-16)14(3)4/h7-14,21H,5-6H2,1-4H3. The first-order valence-corrected chi connectivity index (χ1v) is 8.17. The fourth-order valence-electron chi connectivity index (χ4n) is 2.39. The highest BCUT2D eigenvalue weighted by atomic mass is 16.2. The van der Waals surface area contributed by atoms with Crippen molar-refractivity contribution in [2.24, 2.45) is 0 Å². The normalized spacial score (nSPS) is 10.7. The molecule has 0 spiro atoms. The van der Waals surface area contributed by atoms with Crippen LogP contribution in [0.15, 0.2) is 42.6 Å². The van der Waals surface area contributed by atoms with Gasteiger partial charge in [-0.15, -0.1) is 0 Å². The van der Waals surface area contributed by atoms with Crippen LogP contribution in [0.4, 0.5) is 11.4 Å². The third kappa shape index (κ3) is 4.31. The molecule has 23 heavy (non-hydrogen) atoms. The molecule has 0 saturated heterocycles. The van der Waals surface area contributed by atoms with E-state index in [0.717, 1.165) is 11.4 Å². The summed E-state index contributed by atoms with van der Waals surface area (Å²) in [5.74, 6) is 0.499. The second-order valence-electron chi connectivity index (χ2n) is 5.81. The van der Waals surface area contributed by atoms with Crippen molar-refractivity contribution in [2.75, 3.05) is 18.4 Å². The lowest BCUT2D eigenvalue weighted by Gasteiger charge is -2.18. The van der Waals surface area contributed by atoms with Crippen molar-refractivity contribution in [2.45, 2.75) is 33.6 Å². The van der Waals surface area contributed by atoms with Gasteiger partial charge in [0.1, 0.15) is 5.69 Å². The lowest BCUT2D eigenvalue weighted by molar-refractivity contribution is 0.0767. The Morgan fingerprint density at radius 2 is 1.65 bits per heavy atom. The number of hydrogen-bond donors (Lipinski definition) is 1. The van der Waals surface area contributed by atoms with Gasteiger partial charge in [0, 0.05) is 18.8 Å². The van der Waals surface area contributed by atoms with E-state index < -0.39 is 0 Å². The average Bonchev–Trinajstić information content (AvgIpc) is 2.57. The van der Waals surface area contributed by atoms with Crippen molar-refractivity contribution in [1.29, 1.82) is 0 Å². The van der Waals surface area contributed by atoms with E-state index in [9.17, 15) is 4.79 Å². The quantitative estimate of drug-likeness (QED) is 0.858. The molecule has 0 aliphatic heterocycles. The van der Waals surface area contributed by atoms with Crippen molar-refractivity contribution in [1.82, 2.24) is 9.88 Å². The van der Waals surface area contributed by atoms with E-state index in [1.165, 1.54) is 5.56 Å². The van der Waals surface area contributed by atoms with Crippen molar-refractivity contribution in [3.63, 3.8) is 0 Å². The van der Waals surface area contributed by atoms with Gasteiger partial charge in [0.15, 0.2) is 0 Å². The second-order valence-corrected chi connectivity index (χ2v) is 5.81.